The minimum Gasteiger partial charge on any atom is -0.452 e. The number of hydrogen-bond donors (Lipinski definition) is 0. The van der Waals surface area contributed by atoms with E-state index in [4.69, 9.17) is 21.1 Å². The molecule has 0 amide bonds. The Balaban J connectivity index is 2.14. The van der Waals surface area contributed by atoms with E-state index in [-0.39, 0.29) is 16.8 Å². The molecule has 1 aliphatic rings. The van der Waals surface area contributed by atoms with E-state index in [1.54, 1.807) is 6.92 Å². The molecule has 3 rings (SSSR count). The SMILES string of the molecule is CCSC(=O)OC(C)O/C(=C(\c1ccc(C(C)(C)C)cc1)C1C=N1)c1c(Cl)c(C)nn1CC. The molecule has 2 atom stereocenters. The van der Waals surface area contributed by atoms with Crippen molar-refractivity contribution < 1.29 is 14.3 Å². The maximum absolute atomic E-state index is 12.1. The highest BCUT2D eigenvalue weighted by molar-refractivity contribution is 8.13. The lowest BCUT2D eigenvalue weighted by Crippen LogP contribution is -2.18. The minimum atomic E-state index is -0.814. The predicted octanol–water partition coefficient (Wildman–Crippen LogP) is 6.74. The molecule has 0 aliphatic carbocycles. The fourth-order valence-electron chi connectivity index (χ4n) is 3.51. The third-order valence-corrected chi connectivity index (χ3v) is 6.35. The second-order valence-corrected chi connectivity index (χ2v) is 10.4. The molecule has 0 bridgehead atoms. The quantitative estimate of drug-likeness (QED) is 0.233. The van der Waals surface area contributed by atoms with Crippen molar-refractivity contribution in [2.75, 3.05) is 5.75 Å². The zero-order valence-electron chi connectivity index (χ0n) is 20.3. The van der Waals surface area contributed by atoms with Crippen LogP contribution in [0.15, 0.2) is 29.3 Å². The van der Waals surface area contributed by atoms with E-state index >= 15 is 0 Å². The van der Waals surface area contributed by atoms with E-state index in [0.717, 1.165) is 22.9 Å². The number of benzene rings is 1. The van der Waals surface area contributed by atoms with Crippen LogP contribution in [0.2, 0.25) is 5.02 Å². The molecule has 1 aliphatic heterocycles. The molecule has 1 aromatic carbocycles. The van der Waals surface area contributed by atoms with Gasteiger partial charge in [0.25, 0.3) is 0 Å². The number of aryl methyl sites for hydroxylation is 2. The topological polar surface area (TPSA) is 65.7 Å². The molecule has 33 heavy (non-hydrogen) atoms. The van der Waals surface area contributed by atoms with Crippen molar-refractivity contribution in [1.82, 2.24) is 9.78 Å². The zero-order chi connectivity index (χ0) is 24.3. The molecule has 0 spiro atoms. The molecular formula is C25H32ClN3O3S. The smallest absolute Gasteiger partial charge is 0.370 e. The molecule has 0 fully saturated rings. The lowest BCUT2D eigenvalue weighted by atomic mass is 9.86. The van der Waals surface area contributed by atoms with Gasteiger partial charge in [-0.1, -0.05) is 63.6 Å². The van der Waals surface area contributed by atoms with Crippen molar-refractivity contribution >= 4 is 46.2 Å². The van der Waals surface area contributed by atoms with Gasteiger partial charge in [-0.25, -0.2) is 4.79 Å². The van der Waals surface area contributed by atoms with Crippen LogP contribution in [-0.4, -0.2) is 39.4 Å². The van der Waals surface area contributed by atoms with Crippen molar-refractivity contribution in [3.8, 4) is 0 Å². The summed E-state index contributed by atoms with van der Waals surface area (Å²) in [5.74, 6) is 1.15. The number of thioether (sulfide) groups is 1. The first-order chi connectivity index (χ1) is 15.6. The zero-order valence-corrected chi connectivity index (χ0v) is 21.9. The van der Waals surface area contributed by atoms with Crippen molar-refractivity contribution in [1.29, 1.82) is 0 Å². The first-order valence-electron chi connectivity index (χ1n) is 11.2. The Bertz CT molecular complexity index is 1060. The van der Waals surface area contributed by atoms with Crippen molar-refractivity contribution in [3.63, 3.8) is 0 Å². The minimum absolute atomic E-state index is 0.0404. The van der Waals surface area contributed by atoms with Gasteiger partial charge in [-0.3, -0.25) is 9.67 Å². The van der Waals surface area contributed by atoms with Gasteiger partial charge in [0.2, 0.25) is 6.29 Å². The van der Waals surface area contributed by atoms with Crippen LogP contribution in [0, 0.1) is 6.92 Å². The van der Waals surface area contributed by atoms with E-state index < -0.39 is 6.29 Å². The van der Waals surface area contributed by atoms with E-state index in [0.29, 0.717) is 34.5 Å². The number of aliphatic imine (C=N–C) groups is 1. The standard InChI is InChI=1S/C25H32ClN3O3S/c1-8-29-22(21(26)15(3)28-29)23(31-16(4)32-24(30)33-9-2)20(19-14-27-19)17-10-12-18(13-11-17)25(5,6)7/h10-14,16,19H,8-9H2,1-7H3/b23-20+. The molecule has 2 heterocycles. The van der Waals surface area contributed by atoms with Gasteiger partial charge in [0.1, 0.15) is 11.7 Å². The van der Waals surface area contributed by atoms with Crippen molar-refractivity contribution in [2.45, 2.75) is 72.8 Å². The Morgan fingerprint density at radius 3 is 2.36 bits per heavy atom. The summed E-state index contributed by atoms with van der Waals surface area (Å²) in [6.07, 6.45) is 1.05. The summed E-state index contributed by atoms with van der Waals surface area (Å²) in [6.45, 7) is 14.6. The number of ether oxygens (including phenoxy) is 2. The molecular weight excluding hydrogens is 458 g/mol. The second kappa shape index (κ2) is 10.3. The summed E-state index contributed by atoms with van der Waals surface area (Å²) >= 11 is 7.82. The maximum Gasteiger partial charge on any atom is 0.370 e. The summed E-state index contributed by atoms with van der Waals surface area (Å²) in [5, 5.41) is 4.70. The average Bonchev–Trinajstić information content (AvgIpc) is 3.53. The van der Waals surface area contributed by atoms with E-state index in [1.165, 1.54) is 5.56 Å². The van der Waals surface area contributed by atoms with Crippen LogP contribution < -0.4 is 0 Å². The Labute approximate surface area is 205 Å². The highest BCUT2D eigenvalue weighted by Crippen LogP contribution is 2.39. The first-order valence-corrected chi connectivity index (χ1v) is 12.5. The number of carbonyl (C=O) groups is 1. The van der Waals surface area contributed by atoms with Gasteiger partial charge in [0.15, 0.2) is 5.76 Å². The summed E-state index contributed by atoms with van der Waals surface area (Å²) in [4.78, 5) is 16.5. The van der Waals surface area contributed by atoms with E-state index in [1.807, 2.05) is 31.7 Å². The lowest BCUT2D eigenvalue weighted by Gasteiger charge is -2.23. The molecule has 6 nitrogen and oxygen atoms in total. The highest BCUT2D eigenvalue weighted by atomic mass is 35.5. The average molecular weight is 490 g/mol. The summed E-state index contributed by atoms with van der Waals surface area (Å²) in [5.41, 5.74) is 4.49. The third kappa shape index (κ3) is 6.01. The second-order valence-electron chi connectivity index (χ2n) is 8.86. The van der Waals surface area contributed by atoms with Crippen LogP contribution in [0.25, 0.3) is 11.3 Å². The number of carbonyl (C=O) groups excluding carboxylic acids is 1. The highest BCUT2D eigenvalue weighted by Gasteiger charge is 2.32. The van der Waals surface area contributed by atoms with Crippen LogP contribution in [0.1, 0.15) is 64.1 Å². The van der Waals surface area contributed by atoms with Crippen molar-refractivity contribution in [2.24, 2.45) is 4.99 Å². The van der Waals surface area contributed by atoms with Gasteiger partial charge in [-0.15, -0.1) is 0 Å². The maximum atomic E-state index is 12.1. The first kappa shape index (κ1) is 25.4. The van der Waals surface area contributed by atoms with Gasteiger partial charge in [0, 0.05) is 31.0 Å². The van der Waals surface area contributed by atoms with Gasteiger partial charge in [0.05, 0.1) is 10.7 Å². The number of rotatable bonds is 8. The normalized spacial score (nSPS) is 16.9. The number of aromatic nitrogens is 2. The fraction of sp³-hybridized carbons (Fsp3) is 0.480. The summed E-state index contributed by atoms with van der Waals surface area (Å²) in [7, 11) is 0. The van der Waals surface area contributed by atoms with Crippen LogP contribution in [0.4, 0.5) is 4.79 Å². The van der Waals surface area contributed by atoms with Crippen LogP contribution in [0.3, 0.4) is 0 Å². The molecule has 178 valence electrons. The van der Waals surface area contributed by atoms with Crippen LogP contribution >= 0.6 is 23.4 Å². The Hall–Kier alpha value is -2.25. The lowest BCUT2D eigenvalue weighted by molar-refractivity contribution is -0.0255. The van der Waals surface area contributed by atoms with Gasteiger partial charge >= 0.3 is 5.30 Å². The Morgan fingerprint density at radius 1 is 1.21 bits per heavy atom. The monoisotopic (exact) mass is 489 g/mol. The Kier molecular flexibility index (Phi) is 7.96. The fourth-order valence-corrected chi connectivity index (χ4v) is 4.17. The molecule has 0 radical (unpaired) electrons. The number of halogens is 1. The summed E-state index contributed by atoms with van der Waals surface area (Å²) < 4.78 is 13.6. The Morgan fingerprint density at radius 2 is 1.85 bits per heavy atom. The third-order valence-electron chi connectivity index (χ3n) is 5.28. The predicted molar refractivity (Wildman–Crippen MR) is 137 cm³/mol. The van der Waals surface area contributed by atoms with Crippen LogP contribution in [-0.2, 0) is 21.4 Å². The molecule has 8 heteroatoms. The molecule has 1 aromatic heterocycles. The molecule has 0 N–H and O–H groups in total. The molecule has 0 saturated heterocycles. The number of nitrogens with zero attached hydrogens (tertiary/aromatic N) is 3. The molecule has 0 saturated carbocycles. The van der Waals surface area contributed by atoms with E-state index in [2.05, 4.69) is 55.1 Å². The van der Waals surface area contributed by atoms with Gasteiger partial charge < -0.3 is 9.47 Å². The van der Waals surface area contributed by atoms with E-state index in [9.17, 15) is 4.79 Å². The largest absolute Gasteiger partial charge is 0.452 e. The summed E-state index contributed by atoms with van der Waals surface area (Å²) in [6, 6.07) is 8.28. The van der Waals surface area contributed by atoms with Crippen LogP contribution in [0.5, 0.6) is 0 Å². The van der Waals surface area contributed by atoms with Gasteiger partial charge in [-0.05, 0) is 42.2 Å². The number of hydrogen-bond acceptors (Lipinski definition) is 6. The van der Waals surface area contributed by atoms with Crippen molar-refractivity contribution in [3.05, 3.63) is 51.8 Å². The molecule has 2 aromatic rings. The molecule has 2 unspecified atom stereocenters. The van der Waals surface area contributed by atoms with Gasteiger partial charge in [-0.2, -0.15) is 5.10 Å².